The predicted octanol–water partition coefficient (Wildman–Crippen LogP) is 1.02. The molecule has 41 heavy (non-hydrogen) atoms. The van der Waals surface area contributed by atoms with Crippen molar-refractivity contribution < 1.29 is 33.0 Å². The number of fused-ring (bicyclic) bond motifs is 1. The lowest BCUT2D eigenvalue weighted by Gasteiger charge is -2.36. The number of carbonyl (C=O) groups excluding carboxylic acids is 4. The van der Waals surface area contributed by atoms with Gasteiger partial charge in [-0.3, -0.25) is 18.9 Å². The van der Waals surface area contributed by atoms with Gasteiger partial charge in [-0.15, -0.1) is 0 Å². The van der Waals surface area contributed by atoms with Crippen LogP contribution in [0.5, 0.6) is 0 Å². The van der Waals surface area contributed by atoms with Gasteiger partial charge >= 0.3 is 12.2 Å². The Bertz CT molecular complexity index is 1420. The maximum atomic E-state index is 15.1. The normalized spacial score (nSPS) is 17.0. The van der Waals surface area contributed by atoms with Crippen molar-refractivity contribution in [1.82, 2.24) is 29.9 Å². The van der Waals surface area contributed by atoms with E-state index in [2.05, 4.69) is 20.6 Å². The molecule has 0 saturated carbocycles. The van der Waals surface area contributed by atoms with E-state index in [1.807, 2.05) is 4.90 Å². The number of alkyl carbamates (subject to hydrolysis) is 1. The molecule has 3 aromatic rings. The second-order valence-corrected chi connectivity index (χ2v) is 9.36. The smallest absolute Gasteiger partial charge is 0.414 e. The number of nitrogens with zero attached hydrogens (tertiary/aromatic N) is 6. The highest BCUT2D eigenvalue weighted by Gasteiger charge is 2.33. The molecule has 2 aliphatic heterocycles. The van der Waals surface area contributed by atoms with Gasteiger partial charge in [-0.05, 0) is 31.2 Å². The molecule has 0 bridgehead atoms. The van der Waals surface area contributed by atoms with Gasteiger partial charge in [0.25, 0.3) is 5.91 Å². The van der Waals surface area contributed by atoms with Crippen LogP contribution in [0, 0.1) is 5.82 Å². The van der Waals surface area contributed by atoms with Crippen LogP contribution in [-0.2, 0) is 14.3 Å². The molecule has 0 spiro atoms. The van der Waals surface area contributed by atoms with Crippen LogP contribution in [0.4, 0.5) is 25.4 Å². The predicted molar refractivity (Wildman–Crippen MR) is 143 cm³/mol. The van der Waals surface area contributed by atoms with Gasteiger partial charge in [-0.25, -0.2) is 23.9 Å². The number of amides is 4. The summed E-state index contributed by atoms with van der Waals surface area (Å²) < 4.78 is 26.8. The minimum atomic E-state index is -0.634. The molecule has 2 saturated heterocycles. The van der Waals surface area contributed by atoms with Crippen LogP contribution in [-0.4, -0.2) is 102 Å². The number of ether oxygens (including phenoxy) is 2. The second-order valence-electron chi connectivity index (χ2n) is 9.36. The Morgan fingerprint density at radius 1 is 1.17 bits per heavy atom. The maximum absolute atomic E-state index is 15.1. The zero-order valence-electron chi connectivity index (χ0n) is 22.3. The molecule has 2 N–H and O–H groups in total. The Hall–Kier alpha value is -4.95. The molecule has 1 atom stereocenters. The molecule has 2 aromatic heterocycles. The van der Waals surface area contributed by atoms with Crippen molar-refractivity contribution >= 4 is 41.2 Å². The highest BCUT2D eigenvalue weighted by Crippen LogP contribution is 2.28. The maximum Gasteiger partial charge on any atom is 0.414 e. The number of hydrogen-bond acceptors (Lipinski definition) is 9. The van der Waals surface area contributed by atoms with Crippen molar-refractivity contribution in [2.24, 2.45) is 0 Å². The van der Waals surface area contributed by atoms with E-state index in [4.69, 9.17) is 9.47 Å². The van der Waals surface area contributed by atoms with E-state index in [0.717, 1.165) is 0 Å². The van der Waals surface area contributed by atoms with Gasteiger partial charge < -0.3 is 29.9 Å². The summed E-state index contributed by atoms with van der Waals surface area (Å²) in [5.74, 6) is -0.867. The average Bonchev–Trinajstić information content (AvgIpc) is 3.58. The highest BCUT2D eigenvalue weighted by molar-refractivity contribution is 5.95. The minimum absolute atomic E-state index is 0.0757. The fourth-order valence-corrected chi connectivity index (χ4v) is 4.63. The first-order chi connectivity index (χ1) is 19.8. The topological polar surface area (TPSA) is 151 Å². The Morgan fingerprint density at radius 2 is 1.98 bits per heavy atom. The monoisotopic (exact) mass is 568 g/mol. The van der Waals surface area contributed by atoms with Gasteiger partial charge in [0, 0.05) is 44.8 Å². The molecule has 2 aliphatic rings. The molecular weight excluding hydrogens is 539 g/mol. The Balaban J connectivity index is 1.10. The number of anilines is 2. The molecule has 1 aromatic carbocycles. The van der Waals surface area contributed by atoms with Gasteiger partial charge in [0.2, 0.25) is 11.7 Å². The molecular formula is C26H29FN8O6. The fourth-order valence-electron chi connectivity index (χ4n) is 4.63. The SMILES string of the molecule is CCOC(=O)NC[C@H]1CN(c2ccc(N3CCN(C(=O)CNC(=O)c4cn5cccnc5n4)CC3)c(F)c2)C(=O)O1. The molecule has 14 nitrogen and oxygen atoms in total. The molecule has 15 heteroatoms. The molecule has 0 unspecified atom stereocenters. The number of cyclic esters (lactones) is 1. The number of nitrogens with one attached hydrogen (secondary N) is 2. The van der Waals surface area contributed by atoms with E-state index < -0.39 is 30.0 Å². The number of benzene rings is 1. The summed E-state index contributed by atoms with van der Waals surface area (Å²) in [5, 5.41) is 5.11. The van der Waals surface area contributed by atoms with E-state index in [-0.39, 0.29) is 37.8 Å². The Morgan fingerprint density at radius 3 is 2.71 bits per heavy atom. The van der Waals surface area contributed by atoms with Crippen LogP contribution in [0.15, 0.2) is 42.9 Å². The summed E-state index contributed by atoms with van der Waals surface area (Å²) in [7, 11) is 0. The van der Waals surface area contributed by atoms with Gasteiger partial charge in [0.1, 0.15) is 17.6 Å². The zero-order chi connectivity index (χ0) is 28.9. The molecule has 4 heterocycles. The largest absolute Gasteiger partial charge is 0.450 e. The fraction of sp³-hybridized carbons (Fsp3) is 0.385. The van der Waals surface area contributed by atoms with Gasteiger partial charge in [-0.2, -0.15) is 0 Å². The van der Waals surface area contributed by atoms with E-state index in [1.165, 1.54) is 17.2 Å². The first kappa shape index (κ1) is 27.6. The molecule has 0 aliphatic carbocycles. The van der Waals surface area contributed by atoms with Crippen LogP contribution in [0.25, 0.3) is 5.78 Å². The number of piperazine rings is 1. The third-order valence-corrected chi connectivity index (χ3v) is 6.71. The summed E-state index contributed by atoms with van der Waals surface area (Å²) in [4.78, 5) is 61.9. The number of rotatable bonds is 8. The zero-order valence-corrected chi connectivity index (χ0v) is 22.3. The highest BCUT2D eigenvalue weighted by atomic mass is 19.1. The van der Waals surface area contributed by atoms with Crippen LogP contribution in [0.2, 0.25) is 0 Å². The summed E-state index contributed by atoms with van der Waals surface area (Å²) >= 11 is 0. The number of hydrogen-bond donors (Lipinski definition) is 2. The van der Waals surface area contributed by atoms with Gasteiger partial charge in [0.05, 0.1) is 37.6 Å². The second kappa shape index (κ2) is 12.1. The van der Waals surface area contributed by atoms with E-state index >= 15 is 4.39 Å². The quantitative estimate of drug-likeness (QED) is 0.406. The summed E-state index contributed by atoms with van der Waals surface area (Å²) in [6.45, 7) is 3.42. The van der Waals surface area contributed by atoms with Crippen molar-refractivity contribution in [2.75, 3.05) is 62.2 Å². The third-order valence-electron chi connectivity index (χ3n) is 6.71. The Kier molecular flexibility index (Phi) is 8.12. The van der Waals surface area contributed by atoms with Crippen molar-refractivity contribution in [3.63, 3.8) is 0 Å². The average molecular weight is 569 g/mol. The lowest BCUT2D eigenvalue weighted by molar-refractivity contribution is -0.130. The Labute approximate surface area is 234 Å². The van der Waals surface area contributed by atoms with Gasteiger partial charge in [0.15, 0.2) is 0 Å². The van der Waals surface area contributed by atoms with E-state index in [1.54, 1.807) is 46.8 Å². The van der Waals surface area contributed by atoms with Crippen LogP contribution >= 0.6 is 0 Å². The van der Waals surface area contributed by atoms with Crippen LogP contribution in [0.3, 0.4) is 0 Å². The van der Waals surface area contributed by atoms with Crippen LogP contribution in [0.1, 0.15) is 17.4 Å². The third kappa shape index (κ3) is 6.28. The van der Waals surface area contributed by atoms with E-state index in [0.29, 0.717) is 43.3 Å². The summed E-state index contributed by atoms with van der Waals surface area (Å²) in [6.07, 6.45) is 2.99. The van der Waals surface area contributed by atoms with E-state index in [9.17, 15) is 19.2 Å². The molecule has 4 amide bonds. The molecule has 2 fully saturated rings. The minimum Gasteiger partial charge on any atom is -0.450 e. The number of halogens is 1. The summed E-state index contributed by atoms with van der Waals surface area (Å²) in [6, 6.07) is 6.19. The van der Waals surface area contributed by atoms with Crippen molar-refractivity contribution in [3.05, 3.63) is 54.4 Å². The molecule has 5 rings (SSSR count). The molecule has 216 valence electrons. The lowest BCUT2D eigenvalue weighted by atomic mass is 10.2. The first-order valence-electron chi connectivity index (χ1n) is 13.1. The number of carbonyl (C=O) groups is 4. The lowest BCUT2D eigenvalue weighted by Crippen LogP contribution is -2.51. The molecule has 0 radical (unpaired) electrons. The summed E-state index contributed by atoms with van der Waals surface area (Å²) in [5.41, 5.74) is 0.842. The number of imidazole rings is 1. The van der Waals surface area contributed by atoms with Crippen molar-refractivity contribution in [2.45, 2.75) is 13.0 Å². The van der Waals surface area contributed by atoms with Crippen LogP contribution < -0.4 is 20.4 Å². The first-order valence-corrected chi connectivity index (χ1v) is 13.1. The standard InChI is InChI=1S/C26H29FN8O6/c1-2-40-25(38)30-13-18-15-35(26(39)41-18)17-4-5-21(19(27)12-17)32-8-10-33(11-9-32)22(36)14-29-23(37)20-16-34-7-3-6-28-24(34)31-20/h3-7,12,16,18H,2,8-11,13-15H2,1H3,(H,29,37)(H,30,38)/t18-/m0/s1. The number of aromatic nitrogens is 3. The van der Waals surface area contributed by atoms with Gasteiger partial charge in [-0.1, -0.05) is 0 Å². The van der Waals surface area contributed by atoms with Crippen molar-refractivity contribution in [1.29, 1.82) is 0 Å². The van der Waals surface area contributed by atoms with Crippen molar-refractivity contribution in [3.8, 4) is 0 Å².